The maximum absolute atomic E-state index is 12.3. The van der Waals surface area contributed by atoms with E-state index in [-0.39, 0.29) is 17.2 Å². The molecule has 0 spiro atoms. The zero-order chi connectivity index (χ0) is 19.2. The normalized spacial score (nSPS) is 11.7. The minimum absolute atomic E-state index is 0.0650. The Kier molecular flexibility index (Phi) is 6.35. The molecule has 0 amide bonds. The molecule has 0 heterocycles. The minimum Gasteiger partial charge on any atom is -0.497 e. The predicted molar refractivity (Wildman–Crippen MR) is 95.6 cm³/mol. The lowest BCUT2D eigenvalue weighted by Gasteiger charge is -2.08. The number of hydrogen-bond donors (Lipinski definition) is 0. The molecule has 0 aliphatic carbocycles. The van der Waals surface area contributed by atoms with Crippen molar-refractivity contribution in [3.63, 3.8) is 0 Å². The summed E-state index contributed by atoms with van der Waals surface area (Å²) in [5.74, 6) is -0.220. The maximum atomic E-state index is 12.3. The number of hydrogen-bond acceptors (Lipinski definition) is 7. The van der Waals surface area contributed by atoms with Gasteiger partial charge < -0.3 is 9.47 Å². The van der Waals surface area contributed by atoms with E-state index in [1.165, 1.54) is 19.2 Å². The van der Waals surface area contributed by atoms with Crippen LogP contribution in [0, 0.1) is 6.92 Å². The molecule has 0 N–H and O–H groups in total. The van der Waals surface area contributed by atoms with Crippen molar-refractivity contribution >= 4 is 21.8 Å². The molecular formula is C18H19NO6S. The van der Waals surface area contributed by atoms with Crippen molar-refractivity contribution in [3.8, 4) is 5.75 Å². The third-order valence-electron chi connectivity index (χ3n) is 3.37. The van der Waals surface area contributed by atoms with Gasteiger partial charge in [0, 0.05) is 5.56 Å². The second-order valence-electron chi connectivity index (χ2n) is 5.23. The van der Waals surface area contributed by atoms with Crippen LogP contribution in [-0.4, -0.2) is 33.8 Å². The SMILES string of the molecule is CCOC(=O)C(=NOS(=O)(=O)c1ccc(C)cc1)c1ccc(OC)cc1. The molecule has 0 radical (unpaired) electrons. The first-order valence-corrected chi connectivity index (χ1v) is 9.18. The number of aryl methyl sites for hydroxylation is 1. The third-order valence-corrected chi connectivity index (χ3v) is 4.49. The van der Waals surface area contributed by atoms with Crippen molar-refractivity contribution in [2.75, 3.05) is 13.7 Å². The molecular weight excluding hydrogens is 358 g/mol. The Morgan fingerprint density at radius 1 is 1.04 bits per heavy atom. The number of esters is 1. The lowest BCUT2D eigenvalue weighted by Crippen LogP contribution is -2.20. The highest BCUT2D eigenvalue weighted by atomic mass is 32.2. The first kappa shape index (κ1) is 19.5. The molecule has 2 aromatic rings. The number of nitrogens with zero attached hydrogens (tertiary/aromatic N) is 1. The monoisotopic (exact) mass is 377 g/mol. The van der Waals surface area contributed by atoms with Gasteiger partial charge in [0.15, 0.2) is 5.71 Å². The summed E-state index contributed by atoms with van der Waals surface area (Å²) in [6.45, 7) is 3.57. The summed E-state index contributed by atoms with van der Waals surface area (Å²) in [6, 6.07) is 12.4. The smallest absolute Gasteiger partial charge is 0.361 e. The number of oxime groups is 1. The summed E-state index contributed by atoms with van der Waals surface area (Å²) in [5, 5.41) is 3.55. The van der Waals surface area contributed by atoms with E-state index >= 15 is 0 Å². The Labute approximate surface area is 152 Å². The van der Waals surface area contributed by atoms with Crippen molar-refractivity contribution in [1.82, 2.24) is 0 Å². The highest BCUT2D eigenvalue weighted by molar-refractivity contribution is 7.86. The van der Waals surface area contributed by atoms with Gasteiger partial charge in [0.05, 0.1) is 13.7 Å². The Balaban J connectivity index is 2.34. The number of ether oxygens (including phenoxy) is 2. The van der Waals surface area contributed by atoms with Gasteiger partial charge in [0.2, 0.25) is 0 Å². The van der Waals surface area contributed by atoms with Crippen LogP contribution in [0.3, 0.4) is 0 Å². The summed E-state index contributed by atoms with van der Waals surface area (Å²) in [4.78, 5) is 12.1. The topological polar surface area (TPSA) is 91.3 Å². The van der Waals surface area contributed by atoms with Crippen molar-refractivity contribution < 1.29 is 27.0 Å². The number of carbonyl (C=O) groups is 1. The second-order valence-corrected chi connectivity index (χ2v) is 6.76. The number of rotatable bonds is 7. The first-order chi connectivity index (χ1) is 12.4. The van der Waals surface area contributed by atoms with Gasteiger partial charge >= 0.3 is 16.1 Å². The number of carbonyl (C=O) groups excluding carboxylic acids is 1. The van der Waals surface area contributed by atoms with Gasteiger partial charge in [-0.25, -0.2) is 4.79 Å². The van der Waals surface area contributed by atoms with Crippen molar-refractivity contribution in [2.24, 2.45) is 5.16 Å². The molecule has 2 rings (SSSR count). The predicted octanol–water partition coefficient (Wildman–Crippen LogP) is 2.68. The molecule has 2 aromatic carbocycles. The van der Waals surface area contributed by atoms with Crippen LogP contribution in [0.5, 0.6) is 5.75 Å². The quantitative estimate of drug-likeness (QED) is 0.419. The molecule has 0 aliphatic heterocycles. The molecule has 7 nitrogen and oxygen atoms in total. The van der Waals surface area contributed by atoms with E-state index in [1.54, 1.807) is 43.3 Å². The Morgan fingerprint density at radius 2 is 1.65 bits per heavy atom. The fourth-order valence-electron chi connectivity index (χ4n) is 1.99. The van der Waals surface area contributed by atoms with Crippen LogP contribution in [0.1, 0.15) is 18.1 Å². The molecule has 0 aromatic heterocycles. The molecule has 0 unspecified atom stereocenters. The summed E-state index contributed by atoms with van der Waals surface area (Å²) in [7, 11) is -2.65. The molecule has 0 saturated carbocycles. The van der Waals surface area contributed by atoms with Crippen LogP contribution in [0.15, 0.2) is 58.6 Å². The summed E-state index contributed by atoms with van der Waals surface area (Å²) in [6.07, 6.45) is 0. The van der Waals surface area contributed by atoms with Crippen molar-refractivity contribution in [1.29, 1.82) is 0 Å². The first-order valence-electron chi connectivity index (χ1n) is 7.77. The van der Waals surface area contributed by atoms with Crippen molar-refractivity contribution in [3.05, 3.63) is 59.7 Å². The zero-order valence-electron chi connectivity index (χ0n) is 14.6. The summed E-state index contributed by atoms with van der Waals surface area (Å²) < 4.78 is 39.2. The van der Waals surface area contributed by atoms with Gasteiger partial charge in [-0.3, -0.25) is 4.28 Å². The van der Waals surface area contributed by atoms with Crippen molar-refractivity contribution in [2.45, 2.75) is 18.7 Å². The average molecular weight is 377 g/mol. The van der Waals surface area contributed by atoms with Crippen LogP contribution < -0.4 is 4.74 Å². The van der Waals surface area contributed by atoms with E-state index in [0.29, 0.717) is 11.3 Å². The molecule has 26 heavy (non-hydrogen) atoms. The molecule has 0 atom stereocenters. The van der Waals surface area contributed by atoms with Crippen LogP contribution in [0.2, 0.25) is 0 Å². The van der Waals surface area contributed by atoms with Gasteiger partial charge in [-0.2, -0.15) is 8.42 Å². The highest BCUT2D eigenvalue weighted by Crippen LogP contribution is 2.16. The second kappa shape index (κ2) is 8.48. The molecule has 0 saturated heterocycles. The Bertz CT molecular complexity index is 886. The van der Waals surface area contributed by atoms with E-state index in [9.17, 15) is 13.2 Å². The average Bonchev–Trinajstić information content (AvgIpc) is 2.63. The molecule has 138 valence electrons. The Morgan fingerprint density at radius 3 is 2.19 bits per heavy atom. The van der Waals surface area contributed by atoms with Crippen LogP contribution >= 0.6 is 0 Å². The van der Waals surface area contributed by atoms with Gasteiger partial charge in [0.25, 0.3) is 0 Å². The largest absolute Gasteiger partial charge is 0.497 e. The lowest BCUT2D eigenvalue weighted by atomic mass is 10.1. The van der Waals surface area contributed by atoms with Gasteiger partial charge in [0.1, 0.15) is 10.6 Å². The van der Waals surface area contributed by atoms with Crippen LogP contribution in [-0.2, 0) is 23.9 Å². The fourth-order valence-corrected chi connectivity index (χ4v) is 2.72. The molecule has 0 fully saturated rings. The van der Waals surface area contributed by atoms with Gasteiger partial charge in [-0.05, 0) is 50.2 Å². The molecule has 8 heteroatoms. The van der Waals surface area contributed by atoms with E-state index < -0.39 is 16.1 Å². The lowest BCUT2D eigenvalue weighted by molar-refractivity contribution is -0.135. The molecule has 0 bridgehead atoms. The fraction of sp³-hybridized carbons (Fsp3) is 0.222. The van der Waals surface area contributed by atoms with Gasteiger partial charge in [-0.1, -0.05) is 22.9 Å². The summed E-state index contributed by atoms with van der Waals surface area (Å²) in [5.41, 5.74) is 0.978. The minimum atomic E-state index is -4.16. The zero-order valence-corrected chi connectivity index (χ0v) is 15.4. The number of benzene rings is 2. The van der Waals surface area contributed by atoms with Crippen LogP contribution in [0.25, 0.3) is 0 Å². The maximum Gasteiger partial charge on any atom is 0.361 e. The van der Waals surface area contributed by atoms with Gasteiger partial charge in [-0.15, -0.1) is 0 Å². The number of methoxy groups -OCH3 is 1. The Hall–Kier alpha value is -2.87. The highest BCUT2D eigenvalue weighted by Gasteiger charge is 2.21. The van der Waals surface area contributed by atoms with E-state index in [1.807, 2.05) is 6.92 Å². The molecule has 0 aliphatic rings. The summed E-state index contributed by atoms with van der Waals surface area (Å²) >= 11 is 0. The van der Waals surface area contributed by atoms with Crippen LogP contribution in [0.4, 0.5) is 0 Å². The van der Waals surface area contributed by atoms with E-state index in [0.717, 1.165) is 5.56 Å². The third kappa shape index (κ3) is 4.82. The van der Waals surface area contributed by atoms with E-state index in [2.05, 4.69) is 5.16 Å². The standard InChI is InChI=1S/C18H19NO6S/c1-4-24-18(20)17(14-7-9-15(23-3)10-8-14)19-25-26(21,22)16-11-5-13(2)6-12-16/h5-12H,4H2,1-3H3. The van der Waals surface area contributed by atoms with E-state index in [4.69, 9.17) is 13.8 Å².